The molecule has 7 nitrogen and oxygen atoms in total. The number of rotatable bonds is 5. The summed E-state index contributed by atoms with van der Waals surface area (Å²) >= 11 is 0. The Morgan fingerprint density at radius 3 is 2.52 bits per heavy atom. The Morgan fingerprint density at radius 2 is 1.94 bits per heavy atom. The van der Waals surface area contributed by atoms with Gasteiger partial charge in [0.25, 0.3) is 0 Å². The predicted molar refractivity (Wildman–Crippen MR) is 110 cm³/mol. The quantitative estimate of drug-likeness (QED) is 0.584. The van der Waals surface area contributed by atoms with Gasteiger partial charge in [0.15, 0.2) is 5.60 Å². The van der Waals surface area contributed by atoms with Crippen LogP contribution in [0.3, 0.4) is 0 Å². The molecule has 0 saturated heterocycles. The standard InChI is InChI=1S/C20H19F3N4O2S.H2O/c1-5-30(28)16-8-12(29-19(2,3)11-24)6-7-13(16)18-26-14-9-17(20(21,22)23)25-10-15(14)27(18)4;/h6-10H,5H2,1-4H3;1H2. The molecule has 1 aromatic carbocycles. The summed E-state index contributed by atoms with van der Waals surface area (Å²) in [5, 5.41) is 9.17. The number of aryl methyl sites for hydroxylation is 1. The minimum atomic E-state index is -4.58. The molecule has 0 radical (unpaired) electrons. The van der Waals surface area contributed by atoms with Crippen LogP contribution in [0.1, 0.15) is 26.5 Å². The lowest BCUT2D eigenvalue weighted by Gasteiger charge is -2.19. The molecule has 0 aliphatic rings. The number of hydrogen-bond acceptors (Lipinski definition) is 5. The van der Waals surface area contributed by atoms with Crippen molar-refractivity contribution in [3.8, 4) is 23.2 Å². The van der Waals surface area contributed by atoms with Crippen LogP contribution in [-0.2, 0) is 24.0 Å². The molecule has 0 bridgehead atoms. The van der Waals surface area contributed by atoms with Crippen molar-refractivity contribution in [1.29, 1.82) is 5.26 Å². The van der Waals surface area contributed by atoms with Gasteiger partial charge in [0.1, 0.15) is 23.3 Å². The maximum atomic E-state index is 13.0. The smallest absolute Gasteiger partial charge is 0.433 e. The van der Waals surface area contributed by atoms with Crippen LogP contribution < -0.4 is 4.74 Å². The van der Waals surface area contributed by atoms with Crippen molar-refractivity contribution >= 4 is 21.8 Å². The number of nitrogens with zero attached hydrogens (tertiary/aromatic N) is 4. The summed E-state index contributed by atoms with van der Waals surface area (Å²) in [6.45, 7) is 4.96. The fraction of sp³-hybridized carbons (Fsp3) is 0.350. The number of imidazole rings is 1. The number of nitriles is 1. The third kappa shape index (κ3) is 4.86. The van der Waals surface area contributed by atoms with Crippen molar-refractivity contribution in [2.45, 2.75) is 37.4 Å². The van der Waals surface area contributed by atoms with Gasteiger partial charge < -0.3 is 14.8 Å². The van der Waals surface area contributed by atoms with Gasteiger partial charge in [-0.1, -0.05) is 6.92 Å². The Kier molecular flexibility index (Phi) is 6.78. The van der Waals surface area contributed by atoms with Gasteiger partial charge in [-0.05, 0) is 38.1 Å². The zero-order valence-corrected chi connectivity index (χ0v) is 18.1. The van der Waals surface area contributed by atoms with Crippen LogP contribution in [-0.4, -0.2) is 35.6 Å². The molecule has 0 spiro atoms. The van der Waals surface area contributed by atoms with Gasteiger partial charge in [-0.15, -0.1) is 0 Å². The van der Waals surface area contributed by atoms with Gasteiger partial charge in [-0.2, -0.15) is 18.4 Å². The van der Waals surface area contributed by atoms with Crippen molar-refractivity contribution in [3.05, 3.63) is 36.2 Å². The largest absolute Gasteiger partial charge is 0.473 e. The number of fused-ring (bicyclic) bond motifs is 1. The van der Waals surface area contributed by atoms with Crippen LogP contribution in [0.2, 0.25) is 0 Å². The lowest BCUT2D eigenvalue weighted by atomic mass is 10.1. The number of benzene rings is 1. The highest BCUT2D eigenvalue weighted by atomic mass is 32.2. The van der Waals surface area contributed by atoms with Crippen molar-refractivity contribution in [2.24, 2.45) is 7.05 Å². The SMILES string of the molecule is CCS(=O)c1cc(OC(C)(C)C#N)ccc1-c1nc2cc(C(F)(F)F)ncc2n1C.O. The number of ether oxygens (including phenoxy) is 1. The number of aromatic nitrogens is 3. The summed E-state index contributed by atoms with van der Waals surface area (Å²) in [6.07, 6.45) is -3.45. The lowest BCUT2D eigenvalue weighted by Crippen LogP contribution is -2.25. The normalized spacial score (nSPS) is 12.8. The predicted octanol–water partition coefficient (Wildman–Crippen LogP) is 3.64. The average Bonchev–Trinajstić information content (AvgIpc) is 3.02. The topological polar surface area (TPSA) is 112 Å². The van der Waals surface area contributed by atoms with E-state index in [-0.39, 0.29) is 11.0 Å². The Balaban J connectivity index is 0.00000341. The number of halogens is 3. The molecule has 2 heterocycles. The van der Waals surface area contributed by atoms with Crippen molar-refractivity contribution in [3.63, 3.8) is 0 Å². The molecule has 0 amide bonds. The Bertz CT molecular complexity index is 1180. The maximum absolute atomic E-state index is 13.0. The van der Waals surface area contributed by atoms with E-state index in [9.17, 15) is 22.6 Å². The van der Waals surface area contributed by atoms with Crippen LogP contribution in [0.25, 0.3) is 22.4 Å². The van der Waals surface area contributed by atoms with Gasteiger partial charge in [-0.3, -0.25) is 4.21 Å². The van der Waals surface area contributed by atoms with E-state index in [2.05, 4.69) is 9.97 Å². The summed E-state index contributed by atoms with van der Waals surface area (Å²) in [5.41, 5.74) is -1.06. The molecular formula is C20H21F3N4O3S. The molecule has 3 aromatic rings. The highest BCUT2D eigenvalue weighted by Gasteiger charge is 2.33. The summed E-state index contributed by atoms with van der Waals surface area (Å²) in [4.78, 5) is 8.26. The Hall–Kier alpha value is -2.97. The monoisotopic (exact) mass is 454 g/mol. The molecule has 11 heteroatoms. The zero-order valence-electron chi connectivity index (χ0n) is 17.2. The minimum Gasteiger partial charge on any atom is -0.473 e. The molecular weight excluding hydrogens is 433 g/mol. The molecule has 3 rings (SSSR count). The molecule has 31 heavy (non-hydrogen) atoms. The van der Waals surface area contributed by atoms with Gasteiger partial charge >= 0.3 is 6.18 Å². The van der Waals surface area contributed by atoms with E-state index >= 15 is 0 Å². The van der Waals surface area contributed by atoms with Gasteiger partial charge in [0.05, 0.1) is 32.9 Å². The molecule has 0 fully saturated rings. The van der Waals surface area contributed by atoms with Crippen LogP contribution >= 0.6 is 0 Å². The van der Waals surface area contributed by atoms with Crippen molar-refractivity contribution in [2.75, 3.05) is 5.75 Å². The van der Waals surface area contributed by atoms with Crippen LogP contribution in [0, 0.1) is 11.3 Å². The second-order valence-corrected chi connectivity index (χ2v) is 8.78. The first-order valence-electron chi connectivity index (χ1n) is 8.99. The van der Waals surface area contributed by atoms with E-state index in [0.717, 1.165) is 12.3 Å². The summed E-state index contributed by atoms with van der Waals surface area (Å²) in [5.74, 6) is 1.04. The van der Waals surface area contributed by atoms with E-state index in [1.807, 2.05) is 6.07 Å². The van der Waals surface area contributed by atoms with E-state index in [1.54, 1.807) is 50.6 Å². The van der Waals surface area contributed by atoms with Gasteiger partial charge in [0.2, 0.25) is 0 Å². The van der Waals surface area contributed by atoms with E-state index in [1.165, 1.54) is 0 Å². The summed E-state index contributed by atoms with van der Waals surface area (Å²) < 4.78 is 59.0. The highest BCUT2D eigenvalue weighted by Crippen LogP contribution is 2.34. The van der Waals surface area contributed by atoms with Crippen LogP contribution in [0.5, 0.6) is 5.75 Å². The molecule has 2 N–H and O–H groups in total. The van der Waals surface area contributed by atoms with Gasteiger partial charge in [-0.25, -0.2) is 9.97 Å². The molecule has 0 saturated carbocycles. The first-order valence-corrected chi connectivity index (χ1v) is 10.3. The highest BCUT2D eigenvalue weighted by molar-refractivity contribution is 7.85. The maximum Gasteiger partial charge on any atom is 0.433 e. The molecule has 1 atom stereocenters. The van der Waals surface area contributed by atoms with Crippen LogP contribution in [0.4, 0.5) is 13.2 Å². The van der Waals surface area contributed by atoms with Crippen molar-refractivity contribution in [1.82, 2.24) is 14.5 Å². The summed E-state index contributed by atoms with van der Waals surface area (Å²) in [6, 6.07) is 7.76. The second kappa shape index (κ2) is 8.64. The third-order valence-corrected chi connectivity index (χ3v) is 5.75. The second-order valence-electron chi connectivity index (χ2n) is 7.07. The third-order valence-electron chi connectivity index (χ3n) is 4.40. The number of hydrogen-bond donors (Lipinski definition) is 0. The molecule has 2 aromatic heterocycles. The minimum absolute atomic E-state index is 0. The molecule has 1 unspecified atom stereocenters. The van der Waals surface area contributed by atoms with E-state index < -0.39 is 28.3 Å². The number of pyridine rings is 1. The zero-order chi connectivity index (χ0) is 22.3. The van der Waals surface area contributed by atoms with Crippen molar-refractivity contribution < 1.29 is 27.6 Å². The molecule has 166 valence electrons. The molecule has 0 aliphatic carbocycles. The lowest BCUT2D eigenvalue weighted by molar-refractivity contribution is -0.141. The summed E-state index contributed by atoms with van der Waals surface area (Å²) in [7, 11) is 0.251. The Morgan fingerprint density at radius 1 is 1.26 bits per heavy atom. The van der Waals surface area contributed by atoms with Crippen LogP contribution in [0.15, 0.2) is 35.4 Å². The average molecular weight is 454 g/mol. The molecule has 0 aliphatic heterocycles. The fourth-order valence-electron chi connectivity index (χ4n) is 2.90. The fourth-order valence-corrected chi connectivity index (χ4v) is 3.86. The Labute approximate surface area is 179 Å². The first-order chi connectivity index (χ1) is 14.0. The first kappa shape index (κ1) is 24.3. The number of alkyl halides is 3. The van der Waals surface area contributed by atoms with Gasteiger partial charge in [0, 0.05) is 18.4 Å². The van der Waals surface area contributed by atoms with E-state index in [0.29, 0.717) is 33.3 Å². The van der Waals surface area contributed by atoms with E-state index in [4.69, 9.17) is 4.74 Å².